The van der Waals surface area contributed by atoms with Gasteiger partial charge >= 0.3 is 5.97 Å². The minimum Gasteiger partial charge on any atom is -0.478 e. The number of hydrogen-bond acceptors (Lipinski definition) is 3. The van der Waals surface area contributed by atoms with Gasteiger partial charge in [0.2, 0.25) is 0 Å². The highest BCUT2D eigenvalue weighted by molar-refractivity contribution is 6.34. The Morgan fingerprint density at radius 3 is 2.64 bits per heavy atom. The van der Waals surface area contributed by atoms with Gasteiger partial charge in [-0.2, -0.15) is 0 Å². The zero-order valence-corrected chi connectivity index (χ0v) is 6.17. The average Bonchev–Trinajstić information content (AvgIpc) is 1.85. The van der Waals surface area contributed by atoms with E-state index in [0.717, 1.165) is 0 Å². The van der Waals surface area contributed by atoms with Crippen molar-refractivity contribution in [2.24, 2.45) is 0 Å². The second kappa shape index (κ2) is 2.75. The molecule has 11 heavy (non-hydrogen) atoms. The zero-order chi connectivity index (χ0) is 8.43. The number of nitrogens with zero attached hydrogens (tertiary/aromatic N) is 1. The van der Waals surface area contributed by atoms with Crippen LogP contribution in [0.4, 0.5) is 5.69 Å². The Hall–Kier alpha value is -1.29. The van der Waals surface area contributed by atoms with Gasteiger partial charge in [-0.15, -0.1) is 0 Å². The molecule has 1 aromatic rings. The van der Waals surface area contributed by atoms with Crippen molar-refractivity contribution in [2.75, 3.05) is 5.73 Å². The van der Waals surface area contributed by atoms with Crippen LogP contribution in [-0.2, 0) is 0 Å². The van der Waals surface area contributed by atoms with E-state index < -0.39 is 5.97 Å². The molecule has 58 valence electrons. The molecule has 0 saturated carbocycles. The number of aromatic carboxylic acids is 1. The van der Waals surface area contributed by atoms with E-state index in [-0.39, 0.29) is 16.3 Å². The number of aromatic nitrogens is 1. The topological polar surface area (TPSA) is 76.2 Å². The van der Waals surface area contributed by atoms with E-state index in [0.29, 0.717) is 0 Å². The van der Waals surface area contributed by atoms with Crippen LogP contribution in [0.1, 0.15) is 10.4 Å². The highest BCUT2D eigenvalue weighted by atomic mass is 35.5. The van der Waals surface area contributed by atoms with E-state index in [1.165, 1.54) is 12.4 Å². The molecule has 0 atom stereocenters. The Morgan fingerprint density at radius 2 is 2.27 bits per heavy atom. The van der Waals surface area contributed by atoms with E-state index in [2.05, 4.69) is 4.98 Å². The number of nitrogens with two attached hydrogens (primary N) is 1. The fourth-order valence-electron chi connectivity index (χ4n) is 0.676. The van der Waals surface area contributed by atoms with Crippen LogP contribution < -0.4 is 5.73 Å². The number of anilines is 1. The molecule has 1 heterocycles. The summed E-state index contributed by atoms with van der Waals surface area (Å²) in [6.45, 7) is 0. The predicted molar refractivity (Wildman–Crippen MR) is 40.6 cm³/mol. The van der Waals surface area contributed by atoms with E-state index in [1.807, 2.05) is 0 Å². The number of rotatable bonds is 1. The van der Waals surface area contributed by atoms with Crippen LogP contribution in [0.15, 0.2) is 12.4 Å². The summed E-state index contributed by atoms with van der Waals surface area (Å²) in [5.41, 5.74) is 5.27. The van der Waals surface area contributed by atoms with Gasteiger partial charge in [0.15, 0.2) is 0 Å². The summed E-state index contributed by atoms with van der Waals surface area (Å²) < 4.78 is 0. The molecule has 0 saturated heterocycles. The molecule has 0 unspecified atom stereocenters. The monoisotopic (exact) mass is 172 g/mol. The molecule has 1 rings (SSSR count). The van der Waals surface area contributed by atoms with Gasteiger partial charge in [-0.1, -0.05) is 11.6 Å². The lowest BCUT2D eigenvalue weighted by Crippen LogP contribution is -2.03. The molecule has 5 heteroatoms. The largest absolute Gasteiger partial charge is 0.478 e. The summed E-state index contributed by atoms with van der Waals surface area (Å²) in [5, 5.41) is 8.61. The highest BCUT2D eigenvalue weighted by Gasteiger charge is 2.11. The van der Waals surface area contributed by atoms with Crippen molar-refractivity contribution in [2.45, 2.75) is 0 Å². The predicted octanol–water partition coefficient (Wildman–Crippen LogP) is 1.02. The van der Waals surface area contributed by atoms with Crippen molar-refractivity contribution in [3.63, 3.8) is 0 Å². The van der Waals surface area contributed by atoms with Gasteiger partial charge < -0.3 is 10.8 Å². The lowest BCUT2D eigenvalue weighted by Gasteiger charge is -1.99. The van der Waals surface area contributed by atoms with Gasteiger partial charge in [0, 0.05) is 6.20 Å². The van der Waals surface area contributed by atoms with Crippen LogP contribution in [0.3, 0.4) is 0 Å². The van der Waals surface area contributed by atoms with Crippen LogP contribution in [-0.4, -0.2) is 16.1 Å². The van der Waals surface area contributed by atoms with Crippen LogP contribution in [0.25, 0.3) is 0 Å². The molecule has 0 aromatic carbocycles. The molecule has 0 fully saturated rings. The van der Waals surface area contributed by atoms with Gasteiger partial charge in [0.1, 0.15) is 5.56 Å². The first-order valence-corrected chi connectivity index (χ1v) is 3.13. The number of pyridine rings is 1. The molecular weight excluding hydrogens is 168 g/mol. The van der Waals surface area contributed by atoms with Gasteiger partial charge in [-0.25, -0.2) is 4.79 Å². The maximum absolute atomic E-state index is 10.5. The van der Waals surface area contributed by atoms with Crippen molar-refractivity contribution in [3.8, 4) is 0 Å². The van der Waals surface area contributed by atoms with Crippen LogP contribution >= 0.6 is 11.6 Å². The summed E-state index contributed by atoms with van der Waals surface area (Å²) in [4.78, 5) is 14.1. The molecule has 0 aliphatic carbocycles. The van der Waals surface area contributed by atoms with Gasteiger partial charge in [0.05, 0.1) is 16.9 Å². The average molecular weight is 173 g/mol. The van der Waals surface area contributed by atoms with Crippen molar-refractivity contribution in [1.29, 1.82) is 0 Å². The van der Waals surface area contributed by atoms with E-state index in [1.54, 1.807) is 0 Å². The lowest BCUT2D eigenvalue weighted by molar-refractivity contribution is 0.0698. The van der Waals surface area contributed by atoms with Gasteiger partial charge in [-0.05, 0) is 0 Å². The van der Waals surface area contributed by atoms with Crippen molar-refractivity contribution in [1.82, 2.24) is 4.98 Å². The Labute approximate surface area is 67.6 Å². The Morgan fingerprint density at radius 1 is 1.64 bits per heavy atom. The van der Waals surface area contributed by atoms with Crippen LogP contribution in [0.2, 0.25) is 5.02 Å². The van der Waals surface area contributed by atoms with Gasteiger partial charge in [0.25, 0.3) is 0 Å². The molecule has 3 N–H and O–H groups in total. The molecule has 0 radical (unpaired) electrons. The van der Waals surface area contributed by atoms with Crippen LogP contribution in [0, 0.1) is 0 Å². The SMILES string of the molecule is Nc1cncc(Cl)c1C(=O)O. The summed E-state index contributed by atoms with van der Waals surface area (Å²) in [5.74, 6) is -1.14. The second-order valence-corrected chi connectivity index (χ2v) is 2.30. The van der Waals surface area contributed by atoms with E-state index >= 15 is 0 Å². The summed E-state index contributed by atoms with van der Waals surface area (Å²) in [6.07, 6.45) is 2.48. The maximum atomic E-state index is 10.5. The Balaban J connectivity index is 3.32. The molecule has 4 nitrogen and oxygen atoms in total. The highest BCUT2D eigenvalue weighted by Crippen LogP contribution is 2.19. The van der Waals surface area contributed by atoms with Crippen molar-refractivity contribution in [3.05, 3.63) is 23.0 Å². The fraction of sp³-hybridized carbons (Fsp3) is 0. The number of carboxylic acid groups (broad SMARTS) is 1. The number of nitrogen functional groups attached to an aromatic ring is 1. The molecule has 0 spiro atoms. The van der Waals surface area contributed by atoms with Crippen molar-refractivity contribution >= 4 is 23.3 Å². The van der Waals surface area contributed by atoms with Crippen molar-refractivity contribution < 1.29 is 9.90 Å². The number of carbonyl (C=O) groups is 1. The first kappa shape index (κ1) is 7.81. The molecular formula is C6H5ClN2O2. The molecule has 0 bridgehead atoms. The lowest BCUT2D eigenvalue weighted by atomic mass is 10.2. The third kappa shape index (κ3) is 1.40. The molecule has 0 aliphatic rings. The quantitative estimate of drug-likeness (QED) is 0.663. The normalized spacial score (nSPS) is 9.55. The third-order valence-corrected chi connectivity index (χ3v) is 1.43. The zero-order valence-electron chi connectivity index (χ0n) is 5.41. The minimum atomic E-state index is -1.14. The van der Waals surface area contributed by atoms with Crippen LogP contribution in [0.5, 0.6) is 0 Å². The maximum Gasteiger partial charge on any atom is 0.339 e. The Kier molecular flexibility index (Phi) is 1.96. The van der Waals surface area contributed by atoms with Gasteiger partial charge in [-0.3, -0.25) is 4.98 Å². The Bertz CT molecular complexity index is 280. The summed E-state index contributed by atoms with van der Waals surface area (Å²) >= 11 is 5.50. The summed E-state index contributed by atoms with van der Waals surface area (Å²) in [6, 6.07) is 0. The number of hydrogen-bond donors (Lipinski definition) is 2. The summed E-state index contributed by atoms with van der Waals surface area (Å²) in [7, 11) is 0. The first-order valence-electron chi connectivity index (χ1n) is 2.75. The second-order valence-electron chi connectivity index (χ2n) is 1.89. The molecule has 0 amide bonds. The number of carboxylic acids is 1. The fourth-order valence-corrected chi connectivity index (χ4v) is 0.922. The first-order chi connectivity index (χ1) is 5.13. The van der Waals surface area contributed by atoms with E-state index in [9.17, 15) is 4.79 Å². The third-order valence-electron chi connectivity index (χ3n) is 1.14. The van der Waals surface area contributed by atoms with E-state index in [4.69, 9.17) is 22.4 Å². The molecule has 0 aliphatic heterocycles. The standard InChI is InChI=1S/C6H5ClN2O2/c7-3-1-9-2-4(8)5(3)6(10)11/h1-2H,8H2,(H,10,11). The molecule has 1 aromatic heterocycles. The number of halogens is 1. The minimum absolute atomic E-state index is 0.0532. The smallest absolute Gasteiger partial charge is 0.339 e.